The molecule has 0 aromatic carbocycles. The molecule has 0 unspecified atom stereocenters. The number of carbonyl (C=O) groups is 3. The zero-order valence-electron chi connectivity index (χ0n) is 8.03. The molecule has 0 aromatic rings. The summed E-state index contributed by atoms with van der Waals surface area (Å²) in [6, 6.07) is 0. The van der Waals surface area contributed by atoms with Gasteiger partial charge in [-0.05, 0) is 20.8 Å². The molecule has 7 nitrogen and oxygen atoms in total. The molecular weight excluding hydrogens is 229 g/mol. The van der Waals surface area contributed by atoms with Gasteiger partial charge < -0.3 is 35.2 Å². The zero-order valence-corrected chi connectivity index (χ0v) is 9.83. The average molecular weight is 240 g/mol. The van der Waals surface area contributed by atoms with E-state index in [4.69, 9.17) is 29.7 Å². The largest absolute Gasteiger partial charge is 3.00 e. The van der Waals surface area contributed by atoms with Crippen LogP contribution in [0, 0.1) is 0 Å². The molecule has 0 atom stereocenters. The summed E-state index contributed by atoms with van der Waals surface area (Å²) in [6.45, 7) is 2.92. The number of aliphatic carboxylic acids is 3. The molecule has 0 fully saturated rings. The van der Waals surface area contributed by atoms with Gasteiger partial charge in [-0.2, -0.15) is 0 Å². The van der Waals surface area contributed by atoms with Crippen LogP contribution < -0.4 is 15.3 Å². The Hall–Kier alpha value is -0.760. The summed E-state index contributed by atoms with van der Waals surface area (Å²) >= 11 is 0. The van der Waals surface area contributed by atoms with E-state index in [0.717, 1.165) is 20.8 Å². The van der Waals surface area contributed by atoms with Crippen LogP contribution in [0.1, 0.15) is 20.8 Å². The maximum absolute atomic E-state index is 8.89. The molecule has 14 heavy (non-hydrogen) atoms. The van der Waals surface area contributed by atoms with E-state index in [-0.39, 0.29) is 31.3 Å². The fourth-order valence-corrected chi connectivity index (χ4v) is 0. The topological polar surface area (TPSA) is 152 Å². The molecule has 0 bridgehead atoms. The van der Waals surface area contributed by atoms with Crippen molar-refractivity contribution in [1.29, 1.82) is 0 Å². The molecule has 0 aromatic heterocycles. The van der Waals surface area contributed by atoms with Gasteiger partial charge in [0, 0.05) is 17.9 Å². The first kappa shape index (κ1) is 29.2. The summed E-state index contributed by atoms with van der Waals surface area (Å²) in [6.07, 6.45) is 0. The Morgan fingerprint density at radius 3 is 0.714 bits per heavy atom. The van der Waals surface area contributed by atoms with Gasteiger partial charge in [-0.15, -0.1) is 0 Å². The number of carboxylic acids is 3. The van der Waals surface area contributed by atoms with Gasteiger partial charge in [0.25, 0.3) is 0 Å². The number of hydrogen-bond donors (Lipinski definition) is 0. The van der Waals surface area contributed by atoms with Gasteiger partial charge in [0.2, 0.25) is 0 Å². The van der Waals surface area contributed by atoms with Crippen LogP contribution in [0.4, 0.5) is 0 Å². The molecule has 0 rings (SSSR count). The zero-order chi connectivity index (χ0) is 10.7. The van der Waals surface area contributed by atoms with Crippen LogP contribution in [-0.4, -0.2) is 23.4 Å². The Labute approximate surface area is 99.8 Å². The van der Waals surface area contributed by atoms with E-state index in [1.54, 1.807) is 0 Å². The Balaban J connectivity index is -0.0000000270. The van der Waals surface area contributed by atoms with Gasteiger partial charge in [-0.1, -0.05) is 0 Å². The standard InChI is InChI=1S/3C2H4O2.H2O.Sc/c3*1-2(3)4;;/h3*1H3,(H,3,4);1H2;/q;;;;+3/p-3. The van der Waals surface area contributed by atoms with Gasteiger partial charge in [0.05, 0.1) is 0 Å². The third kappa shape index (κ3) is 2040. The van der Waals surface area contributed by atoms with Gasteiger partial charge >= 0.3 is 25.8 Å². The molecule has 0 radical (unpaired) electrons. The number of hydrogen-bond acceptors (Lipinski definition) is 6. The van der Waals surface area contributed by atoms with E-state index in [2.05, 4.69) is 0 Å². The molecule has 0 amide bonds. The molecule has 0 saturated heterocycles. The van der Waals surface area contributed by atoms with E-state index >= 15 is 0 Å². The normalized spacial score (nSPS) is 5.36. The van der Waals surface area contributed by atoms with Crippen LogP contribution in [0.2, 0.25) is 0 Å². The fraction of sp³-hybridized carbons (Fsp3) is 0.500. The van der Waals surface area contributed by atoms with Crippen molar-refractivity contribution in [3.63, 3.8) is 0 Å². The Morgan fingerprint density at radius 2 is 0.714 bits per heavy atom. The second-order valence-corrected chi connectivity index (χ2v) is 1.47. The smallest absolute Gasteiger partial charge is 0.550 e. The summed E-state index contributed by atoms with van der Waals surface area (Å²) in [5.74, 6) is -3.25. The van der Waals surface area contributed by atoms with E-state index in [1.807, 2.05) is 0 Å². The summed E-state index contributed by atoms with van der Waals surface area (Å²) in [4.78, 5) is 26.7. The van der Waals surface area contributed by atoms with E-state index < -0.39 is 17.9 Å². The predicted molar refractivity (Wildman–Crippen MR) is 35.7 cm³/mol. The molecule has 0 saturated carbocycles. The first-order valence-corrected chi connectivity index (χ1v) is 2.72. The van der Waals surface area contributed by atoms with Crippen molar-refractivity contribution < 1.29 is 61.0 Å². The second-order valence-electron chi connectivity index (χ2n) is 1.47. The molecule has 0 heterocycles. The third-order valence-electron chi connectivity index (χ3n) is 0. The number of carboxylic acid groups (broad SMARTS) is 3. The summed E-state index contributed by atoms with van der Waals surface area (Å²) in [5, 5.41) is 26.7. The number of carbonyl (C=O) groups excluding carboxylic acids is 3. The quantitative estimate of drug-likeness (QED) is 0.415. The first-order valence-electron chi connectivity index (χ1n) is 2.72. The minimum absolute atomic E-state index is 0. The summed E-state index contributed by atoms with van der Waals surface area (Å²) in [5.41, 5.74) is 0. The molecular formula is C6H11O7Sc. The van der Waals surface area contributed by atoms with Crippen LogP contribution >= 0.6 is 0 Å². The number of rotatable bonds is 0. The van der Waals surface area contributed by atoms with Gasteiger partial charge in [0.15, 0.2) is 0 Å². The van der Waals surface area contributed by atoms with Crippen LogP contribution in [-0.2, 0) is 40.2 Å². The Kier molecular flexibility index (Phi) is 47.5. The van der Waals surface area contributed by atoms with Crippen molar-refractivity contribution in [2.24, 2.45) is 0 Å². The summed E-state index contributed by atoms with van der Waals surface area (Å²) in [7, 11) is 0. The van der Waals surface area contributed by atoms with Crippen LogP contribution in [0.3, 0.4) is 0 Å². The minimum Gasteiger partial charge on any atom is -0.550 e. The van der Waals surface area contributed by atoms with Crippen molar-refractivity contribution >= 4 is 17.9 Å². The Bertz CT molecular complexity index is 116. The van der Waals surface area contributed by atoms with Crippen molar-refractivity contribution in [3.8, 4) is 0 Å². The van der Waals surface area contributed by atoms with E-state index in [1.165, 1.54) is 0 Å². The maximum Gasteiger partial charge on any atom is 3.00 e. The Morgan fingerprint density at radius 1 is 0.714 bits per heavy atom. The molecule has 0 aliphatic rings. The molecule has 0 spiro atoms. The fourth-order valence-electron chi connectivity index (χ4n) is 0. The third-order valence-corrected chi connectivity index (χ3v) is 0. The SMILES string of the molecule is CC(=O)[O-].CC(=O)[O-].CC(=O)[O-].O.[Sc+3]. The molecule has 2 N–H and O–H groups in total. The maximum atomic E-state index is 8.89. The average Bonchev–Trinajstić information content (AvgIpc) is 1.54. The summed E-state index contributed by atoms with van der Waals surface area (Å²) < 4.78 is 0. The van der Waals surface area contributed by atoms with Gasteiger partial charge in [-0.25, -0.2) is 0 Å². The van der Waals surface area contributed by atoms with Crippen molar-refractivity contribution in [2.75, 3.05) is 0 Å². The first-order chi connectivity index (χ1) is 5.20. The van der Waals surface area contributed by atoms with Gasteiger partial charge in [-0.3, -0.25) is 0 Å². The second kappa shape index (κ2) is 22.8. The van der Waals surface area contributed by atoms with Crippen molar-refractivity contribution in [1.82, 2.24) is 0 Å². The monoisotopic (exact) mass is 240 g/mol. The van der Waals surface area contributed by atoms with Crippen LogP contribution in [0.25, 0.3) is 0 Å². The molecule has 8 heteroatoms. The predicted octanol–water partition coefficient (Wildman–Crippen LogP) is -4.56. The van der Waals surface area contributed by atoms with E-state index in [9.17, 15) is 0 Å². The van der Waals surface area contributed by atoms with Crippen LogP contribution in [0.15, 0.2) is 0 Å². The van der Waals surface area contributed by atoms with Crippen LogP contribution in [0.5, 0.6) is 0 Å². The van der Waals surface area contributed by atoms with Gasteiger partial charge in [0.1, 0.15) is 0 Å². The van der Waals surface area contributed by atoms with Crippen molar-refractivity contribution in [2.45, 2.75) is 20.8 Å². The molecule has 0 aliphatic carbocycles. The molecule has 80 valence electrons. The van der Waals surface area contributed by atoms with E-state index in [0.29, 0.717) is 0 Å². The minimum atomic E-state index is -1.08. The molecule has 0 aliphatic heterocycles. The van der Waals surface area contributed by atoms with Crippen molar-refractivity contribution in [3.05, 3.63) is 0 Å².